The van der Waals surface area contributed by atoms with Crippen LogP contribution in [0.15, 0.2) is 70.7 Å². The van der Waals surface area contributed by atoms with Gasteiger partial charge in [-0.05, 0) is 51.8 Å². The van der Waals surface area contributed by atoms with Gasteiger partial charge in [-0.3, -0.25) is 14.5 Å². The van der Waals surface area contributed by atoms with E-state index in [9.17, 15) is 19.8 Å². The zero-order chi connectivity index (χ0) is 25.6. The molecule has 0 bridgehead atoms. The Balaban J connectivity index is 1.76. The Morgan fingerprint density at radius 2 is 1.81 bits per heavy atom. The van der Waals surface area contributed by atoms with Gasteiger partial charge >= 0.3 is 5.91 Å². The van der Waals surface area contributed by atoms with E-state index in [1.54, 1.807) is 61.7 Å². The van der Waals surface area contributed by atoms with Crippen molar-refractivity contribution in [2.24, 2.45) is 0 Å². The van der Waals surface area contributed by atoms with Gasteiger partial charge in [0.15, 0.2) is 16.6 Å². The maximum Gasteiger partial charge on any atom is 0.301 e. The average molecular weight is 567 g/mol. The molecule has 1 atom stereocenters. The van der Waals surface area contributed by atoms with Crippen LogP contribution in [0.25, 0.3) is 16.0 Å². The number of ketones is 1. The van der Waals surface area contributed by atoms with E-state index in [0.717, 1.165) is 4.70 Å². The van der Waals surface area contributed by atoms with E-state index in [0.29, 0.717) is 26.9 Å². The maximum atomic E-state index is 13.4. The first-order valence-electron chi connectivity index (χ1n) is 10.7. The second-order valence-electron chi connectivity index (χ2n) is 7.92. The van der Waals surface area contributed by atoms with Crippen LogP contribution in [0.4, 0.5) is 5.13 Å². The second-order valence-corrected chi connectivity index (χ2v) is 9.78. The third-order valence-corrected chi connectivity index (χ3v) is 7.49. The van der Waals surface area contributed by atoms with E-state index in [2.05, 4.69) is 20.9 Å². The number of carbonyl (C=O) groups excluding carboxylic acids is 2. The fourth-order valence-electron chi connectivity index (χ4n) is 4.13. The van der Waals surface area contributed by atoms with Crippen molar-refractivity contribution < 1.29 is 29.3 Å². The molecule has 1 fully saturated rings. The summed E-state index contributed by atoms with van der Waals surface area (Å²) in [4.78, 5) is 32.7. The predicted octanol–water partition coefficient (Wildman–Crippen LogP) is 5.41. The van der Waals surface area contributed by atoms with Gasteiger partial charge in [-0.15, -0.1) is 0 Å². The molecule has 0 saturated carbocycles. The first kappa shape index (κ1) is 23.8. The van der Waals surface area contributed by atoms with E-state index >= 15 is 0 Å². The molecule has 3 aromatic carbocycles. The number of methoxy groups -OCH3 is 2. The highest BCUT2D eigenvalue weighted by Gasteiger charge is 2.48. The largest absolute Gasteiger partial charge is 0.507 e. The number of benzene rings is 3. The van der Waals surface area contributed by atoms with Crippen molar-refractivity contribution in [1.29, 1.82) is 0 Å². The highest BCUT2D eigenvalue weighted by molar-refractivity contribution is 9.10. The molecule has 5 rings (SSSR count). The van der Waals surface area contributed by atoms with Crippen LogP contribution in [0, 0.1) is 0 Å². The van der Waals surface area contributed by atoms with Gasteiger partial charge in [0, 0.05) is 5.56 Å². The van der Waals surface area contributed by atoms with Gasteiger partial charge in [0.2, 0.25) is 0 Å². The van der Waals surface area contributed by atoms with E-state index in [-0.39, 0.29) is 28.0 Å². The summed E-state index contributed by atoms with van der Waals surface area (Å²) in [6.07, 6.45) is 0. The number of nitrogens with zero attached hydrogens (tertiary/aromatic N) is 2. The Morgan fingerprint density at radius 3 is 2.50 bits per heavy atom. The van der Waals surface area contributed by atoms with Crippen LogP contribution in [0.3, 0.4) is 0 Å². The van der Waals surface area contributed by atoms with Gasteiger partial charge < -0.3 is 19.7 Å². The number of halogens is 1. The fraction of sp³-hybridized carbons (Fsp3) is 0.115. The minimum absolute atomic E-state index is 0.0947. The summed E-state index contributed by atoms with van der Waals surface area (Å²) in [6, 6.07) is 15.9. The number of aromatic nitrogens is 1. The van der Waals surface area contributed by atoms with E-state index in [1.165, 1.54) is 29.4 Å². The van der Waals surface area contributed by atoms with Gasteiger partial charge in [-0.1, -0.05) is 41.7 Å². The molecule has 10 heteroatoms. The monoisotopic (exact) mass is 566 g/mol. The highest BCUT2D eigenvalue weighted by Crippen LogP contribution is 2.47. The number of aromatic hydroxyl groups is 1. The van der Waals surface area contributed by atoms with E-state index < -0.39 is 17.7 Å². The Morgan fingerprint density at radius 1 is 1.06 bits per heavy atom. The number of aliphatic hydroxyl groups is 1. The number of rotatable bonds is 5. The van der Waals surface area contributed by atoms with Crippen molar-refractivity contribution in [3.63, 3.8) is 0 Å². The number of phenols is 1. The van der Waals surface area contributed by atoms with Crippen molar-refractivity contribution in [2.75, 3.05) is 19.1 Å². The maximum absolute atomic E-state index is 13.4. The second kappa shape index (κ2) is 9.29. The lowest BCUT2D eigenvalue weighted by molar-refractivity contribution is -0.132. The Hall–Kier alpha value is -3.89. The molecular formula is C26H19BrN2O6S. The molecule has 0 spiro atoms. The number of anilines is 1. The minimum Gasteiger partial charge on any atom is -0.507 e. The third kappa shape index (κ3) is 3.88. The number of hydrogen-bond acceptors (Lipinski definition) is 8. The third-order valence-electron chi connectivity index (χ3n) is 5.87. The molecule has 1 aromatic heterocycles. The molecule has 8 nitrogen and oxygen atoms in total. The lowest BCUT2D eigenvalue weighted by atomic mass is 9.95. The first-order valence-corrected chi connectivity index (χ1v) is 12.3. The molecule has 0 aliphatic carbocycles. The molecule has 4 aromatic rings. The lowest BCUT2D eigenvalue weighted by Gasteiger charge is -2.24. The van der Waals surface area contributed by atoms with Crippen molar-refractivity contribution in [3.05, 3.63) is 81.8 Å². The number of hydrogen-bond donors (Lipinski definition) is 2. The molecule has 182 valence electrons. The van der Waals surface area contributed by atoms with Crippen LogP contribution in [0.1, 0.15) is 17.2 Å². The van der Waals surface area contributed by atoms with Crippen LogP contribution >= 0.6 is 27.3 Å². The Bertz CT molecular complexity index is 1550. The summed E-state index contributed by atoms with van der Waals surface area (Å²) >= 11 is 4.53. The fourth-order valence-corrected chi connectivity index (χ4v) is 5.61. The Kier molecular flexibility index (Phi) is 6.15. The van der Waals surface area contributed by atoms with Crippen molar-refractivity contribution in [3.8, 4) is 17.2 Å². The first-order chi connectivity index (χ1) is 17.3. The molecule has 1 aliphatic heterocycles. The van der Waals surface area contributed by atoms with Gasteiger partial charge in [0.25, 0.3) is 5.78 Å². The summed E-state index contributed by atoms with van der Waals surface area (Å²) < 4.78 is 11.7. The van der Waals surface area contributed by atoms with E-state index in [1.807, 2.05) is 0 Å². The van der Waals surface area contributed by atoms with Crippen LogP contribution in [-0.2, 0) is 9.59 Å². The molecule has 1 saturated heterocycles. The summed E-state index contributed by atoms with van der Waals surface area (Å²) in [5, 5.41) is 21.8. The topological polar surface area (TPSA) is 109 Å². The number of ether oxygens (including phenoxy) is 2. The molecule has 1 amide bonds. The molecule has 1 unspecified atom stereocenters. The molecule has 2 N–H and O–H groups in total. The number of thiazole rings is 1. The quantitative estimate of drug-likeness (QED) is 0.189. The van der Waals surface area contributed by atoms with Crippen molar-refractivity contribution in [1.82, 2.24) is 4.98 Å². The van der Waals surface area contributed by atoms with E-state index in [4.69, 9.17) is 9.47 Å². The lowest BCUT2D eigenvalue weighted by Crippen LogP contribution is -2.29. The summed E-state index contributed by atoms with van der Waals surface area (Å²) in [6.45, 7) is 0. The summed E-state index contributed by atoms with van der Waals surface area (Å²) in [7, 11) is 2.95. The molecular weight excluding hydrogens is 548 g/mol. The highest BCUT2D eigenvalue weighted by atomic mass is 79.9. The minimum atomic E-state index is -1.03. The van der Waals surface area contributed by atoms with Gasteiger partial charge in [-0.2, -0.15) is 0 Å². The standard InChI is InChI=1S/C26H19BrN2O6S/c1-34-15-8-9-17-19(12-15)36-26(28-17)29-21(14-10-16(27)23(31)18(11-14)35-2)20(24(32)25(29)33)22(30)13-6-4-3-5-7-13/h3-12,21,30-31H,1-2H3. The van der Waals surface area contributed by atoms with Crippen molar-refractivity contribution in [2.45, 2.75) is 6.04 Å². The number of phenolic OH excluding ortho intramolecular Hbond substituents is 1. The normalized spacial score (nSPS) is 17.1. The number of amides is 1. The predicted molar refractivity (Wildman–Crippen MR) is 140 cm³/mol. The summed E-state index contributed by atoms with van der Waals surface area (Å²) in [5.41, 5.74) is 1.36. The molecule has 0 radical (unpaired) electrons. The smallest absolute Gasteiger partial charge is 0.301 e. The van der Waals surface area contributed by atoms with Crippen LogP contribution in [0.5, 0.6) is 17.2 Å². The SMILES string of the molecule is COc1ccc2nc(N3C(=O)C(=O)C(=C(O)c4ccccc4)C3c3cc(Br)c(O)c(OC)c3)sc2c1. The molecule has 1 aliphatic rings. The molecule has 2 heterocycles. The van der Waals surface area contributed by atoms with Gasteiger partial charge in [-0.25, -0.2) is 4.98 Å². The van der Waals surface area contributed by atoms with Crippen LogP contribution < -0.4 is 14.4 Å². The summed E-state index contributed by atoms with van der Waals surface area (Å²) in [5.74, 6) is -1.35. The number of Topliss-reactive ketones (excluding diaryl/α,β-unsaturated/α-hetero) is 1. The Labute approximate surface area is 218 Å². The van der Waals surface area contributed by atoms with Crippen molar-refractivity contribution >= 4 is 60.1 Å². The average Bonchev–Trinajstić information content (AvgIpc) is 3.43. The van der Waals surface area contributed by atoms with Gasteiger partial charge in [0.05, 0.1) is 40.5 Å². The molecule has 36 heavy (non-hydrogen) atoms. The van der Waals surface area contributed by atoms with Crippen LogP contribution in [-0.4, -0.2) is 41.1 Å². The number of fused-ring (bicyclic) bond motifs is 1. The van der Waals surface area contributed by atoms with Crippen LogP contribution in [0.2, 0.25) is 0 Å². The zero-order valence-electron chi connectivity index (χ0n) is 19.1. The number of carbonyl (C=O) groups is 2. The van der Waals surface area contributed by atoms with Gasteiger partial charge in [0.1, 0.15) is 11.5 Å². The zero-order valence-corrected chi connectivity index (χ0v) is 21.5. The number of aliphatic hydroxyl groups excluding tert-OH is 1.